The maximum Gasteiger partial charge on any atom is 0.273 e. The summed E-state index contributed by atoms with van der Waals surface area (Å²) in [6, 6.07) is 13.5. The van der Waals surface area contributed by atoms with Gasteiger partial charge in [-0.1, -0.05) is 24.3 Å². The van der Waals surface area contributed by atoms with Gasteiger partial charge in [-0.05, 0) is 24.3 Å². The van der Waals surface area contributed by atoms with E-state index in [9.17, 15) is 19.2 Å². The summed E-state index contributed by atoms with van der Waals surface area (Å²) in [5.74, 6) is -0.587. The van der Waals surface area contributed by atoms with Crippen molar-refractivity contribution in [3.63, 3.8) is 0 Å². The van der Waals surface area contributed by atoms with E-state index < -0.39 is 0 Å². The van der Waals surface area contributed by atoms with Crippen LogP contribution in [-0.2, 0) is 16.1 Å². The molecule has 0 atom stereocenters. The molecule has 4 rings (SSSR count). The van der Waals surface area contributed by atoms with Gasteiger partial charge < -0.3 is 10.2 Å². The topological polar surface area (TPSA) is 104 Å². The summed E-state index contributed by atoms with van der Waals surface area (Å²) in [5.41, 5.74) is 0.426. The summed E-state index contributed by atoms with van der Waals surface area (Å²) >= 11 is 0. The van der Waals surface area contributed by atoms with Gasteiger partial charge in [-0.25, -0.2) is 4.68 Å². The van der Waals surface area contributed by atoms with Crippen LogP contribution in [0.1, 0.15) is 6.42 Å². The van der Waals surface area contributed by atoms with Gasteiger partial charge in [-0.15, -0.1) is 0 Å². The number of hydrogen-bond acceptors (Lipinski definition) is 4. The van der Waals surface area contributed by atoms with Crippen molar-refractivity contribution >= 4 is 34.0 Å². The number of aromatic amines is 1. The molecule has 0 fully saturated rings. The van der Waals surface area contributed by atoms with Crippen LogP contribution in [0.25, 0.3) is 10.8 Å². The number of para-hydroxylation sites is 2. The lowest BCUT2D eigenvalue weighted by atomic mass is 10.1. The average Bonchev–Trinajstić information content (AvgIpc) is 2.68. The molecule has 1 aliphatic heterocycles. The van der Waals surface area contributed by atoms with Crippen molar-refractivity contribution in [3.05, 3.63) is 69.2 Å². The van der Waals surface area contributed by atoms with Gasteiger partial charge in [-0.2, -0.15) is 0 Å². The van der Waals surface area contributed by atoms with Gasteiger partial charge in [0.1, 0.15) is 6.54 Å². The van der Waals surface area contributed by atoms with Gasteiger partial charge in [0.2, 0.25) is 11.8 Å². The van der Waals surface area contributed by atoms with Crippen molar-refractivity contribution in [3.8, 4) is 0 Å². The molecule has 0 saturated carbocycles. The molecule has 8 heteroatoms. The number of nitrogens with one attached hydrogen (secondary N) is 2. The predicted octanol–water partition coefficient (Wildman–Crippen LogP) is 1.07. The van der Waals surface area contributed by atoms with Gasteiger partial charge in [0, 0.05) is 6.42 Å². The highest BCUT2D eigenvalue weighted by atomic mass is 16.2. The van der Waals surface area contributed by atoms with E-state index in [1.54, 1.807) is 48.5 Å². The molecular formula is C19H16N4O4. The molecule has 0 spiro atoms. The summed E-state index contributed by atoms with van der Waals surface area (Å²) < 4.78 is 1.14. The first-order valence-corrected chi connectivity index (χ1v) is 8.46. The third-order valence-electron chi connectivity index (χ3n) is 4.50. The molecule has 2 heterocycles. The number of nitrogens with zero attached hydrogens (tertiary/aromatic N) is 2. The highest BCUT2D eigenvalue weighted by Gasteiger charge is 2.26. The monoisotopic (exact) mass is 364 g/mol. The second kappa shape index (κ2) is 6.56. The first-order chi connectivity index (χ1) is 13.0. The molecule has 0 saturated heterocycles. The molecule has 0 bridgehead atoms. The van der Waals surface area contributed by atoms with E-state index in [1.807, 2.05) is 0 Å². The fourth-order valence-electron chi connectivity index (χ4n) is 3.20. The summed E-state index contributed by atoms with van der Waals surface area (Å²) in [7, 11) is 0. The summed E-state index contributed by atoms with van der Waals surface area (Å²) in [4.78, 5) is 50.6. The minimum atomic E-state index is -0.389. The molecule has 2 N–H and O–H groups in total. The van der Waals surface area contributed by atoms with Gasteiger partial charge in [0.15, 0.2) is 0 Å². The fourth-order valence-corrected chi connectivity index (χ4v) is 3.20. The third kappa shape index (κ3) is 3.01. The first kappa shape index (κ1) is 16.8. The second-order valence-electron chi connectivity index (χ2n) is 6.24. The Morgan fingerprint density at radius 3 is 2.48 bits per heavy atom. The maximum absolute atomic E-state index is 12.7. The lowest BCUT2D eigenvalue weighted by Gasteiger charge is -2.29. The number of carbonyl (C=O) groups is 2. The number of benzene rings is 2. The van der Waals surface area contributed by atoms with E-state index in [-0.39, 0.29) is 42.4 Å². The number of carbonyl (C=O) groups excluding carboxylic acids is 2. The summed E-state index contributed by atoms with van der Waals surface area (Å²) in [5, 5.41) is 5.84. The molecule has 2 aromatic carbocycles. The smallest absolute Gasteiger partial charge is 0.273 e. The van der Waals surface area contributed by atoms with Crippen LogP contribution in [0, 0.1) is 0 Å². The Bertz CT molecular complexity index is 1180. The molecule has 0 radical (unpaired) electrons. The molecule has 0 unspecified atom stereocenters. The molecule has 1 aliphatic rings. The zero-order chi connectivity index (χ0) is 19.0. The number of fused-ring (bicyclic) bond motifs is 2. The van der Waals surface area contributed by atoms with Gasteiger partial charge in [0.05, 0.1) is 28.7 Å². The highest BCUT2D eigenvalue weighted by Crippen LogP contribution is 2.29. The standard InChI is InChI=1S/C19H16N4O4/c24-16-11-22(15-8-4-3-7-14(15)20-16)17(25)9-10-23-19(27)13-6-2-1-5-12(13)18(26)21-23/h1-8H,9-11H2,(H,20,24)(H,21,26). The highest BCUT2D eigenvalue weighted by molar-refractivity contribution is 6.09. The SMILES string of the molecule is O=C1CN(C(=O)CCn2[nH]c(=O)c3ccccc3c2=O)c2ccccc2N1. The summed E-state index contributed by atoms with van der Waals surface area (Å²) in [6.07, 6.45) is -0.0319. The van der Waals surface area contributed by atoms with E-state index in [0.29, 0.717) is 22.1 Å². The Balaban J connectivity index is 1.60. The second-order valence-corrected chi connectivity index (χ2v) is 6.24. The number of H-pyrrole nitrogens is 1. The van der Waals surface area contributed by atoms with Crippen LogP contribution in [0.2, 0.25) is 0 Å². The van der Waals surface area contributed by atoms with Gasteiger partial charge in [-0.3, -0.25) is 24.3 Å². The van der Waals surface area contributed by atoms with Gasteiger partial charge >= 0.3 is 0 Å². The molecule has 2 amide bonds. The lowest BCUT2D eigenvalue weighted by molar-refractivity contribution is -0.122. The zero-order valence-corrected chi connectivity index (χ0v) is 14.3. The molecule has 8 nitrogen and oxygen atoms in total. The molecule has 27 heavy (non-hydrogen) atoms. The van der Waals surface area contributed by atoms with Crippen molar-refractivity contribution in [1.29, 1.82) is 0 Å². The van der Waals surface area contributed by atoms with Crippen LogP contribution in [0.15, 0.2) is 58.1 Å². The Morgan fingerprint density at radius 2 is 1.67 bits per heavy atom. The minimum absolute atomic E-state index is 0.0119. The predicted molar refractivity (Wildman–Crippen MR) is 101 cm³/mol. The normalized spacial score (nSPS) is 13.3. The maximum atomic E-state index is 12.7. The zero-order valence-electron chi connectivity index (χ0n) is 14.3. The number of rotatable bonds is 3. The Morgan fingerprint density at radius 1 is 0.963 bits per heavy atom. The van der Waals surface area contributed by atoms with E-state index in [0.717, 1.165) is 4.68 Å². The lowest BCUT2D eigenvalue weighted by Crippen LogP contribution is -2.43. The van der Waals surface area contributed by atoms with Crippen LogP contribution >= 0.6 is 0 Å². The Labute approximate surface area is 153 Å². The van der Waals surface area contributed by atoms with Crippen LogP contribution in [0.3, 0.4) is 0 Å². The molecule has 136 valence electrons. The fraction of sp³-hybridized carbons (Fsp3) is 0.158. The van der Waals surface area contributed by atoms with Crippen LogP contribution < -0.4 is 21.3 Å². The van der Waals surface area contributed by atoms with Crippen LogP contribution in [0.5, 0.6) is 0 Å². The van der Waals surface area contributed by atoms with E-state index in [2.05, 4.69) is 10.4 Å². The van der Waals surface area contributed by atoms with Crippen molar-refractivity contribution in [1.82, 2.24) is 9.78 Å². The number of aromatic nitrogens is 2. The van der Waals surface area contributed by atoms with E-state index in [1.165, 1.54) is 4.90 Å². The largest absolute Gasteiger partial charge is 0.323 e. The number of amides is 2. The van der Waals surface area contributed by atoms with Crippen molar-refractivity contribution in [2.24, 2.45) is 0 Å². The number of anilines is 2. The van der Waals surface area contributed by atoms with E-state index >= 15 is 0 Å². The number of aryl methyl sites for hydroxylation is 1. The van der Waals surface area contributed by atoms with E-state index in [4.69, 9.17) is 0 Å². The first-order valence-electron chi connectivity index (χ1n) is 8.46. The molecule has 0 aliphatic carbocycles. The Kier molecular flexibility index (Phi) is 4.08. The van der Waals surface area contributed by atoms with Crippen molar-refractivity contribution < 1.29 is 9.59 Å². The van der Waals surface area contributed by atoms with Crippen molar-refractivity contribution in [2.45, 2.75) is 13.0 Å². The third-order valence-corrected chi connectivity index (χ3v) is 4.50. The molecular weight excluding hydrogens is 348 g/mol. The Hall–Kier alpha value is -3.68. The van der Waals surface area contributed by atoms with Gasteiger partial charge in [0.25, 0.3) is 11.1 Å². The average molecular weight is 364 g/mol. The quantitative estimate of drug-likeness (QED) is 0.725. The molecule has 3 aromatic rings. The number of hydrogen-bond donors (Lipinski definition) is 2. The van der Waals surface area contributed by atoms with Crippen LogP contribution in [-0.4, -0.2) is 28.1 Å². The molecule has 1 aromatic heterocycles. The van der Waals surface area contributed by atoms with Crippen molar-refractivity contribution in [2.75, 3.05) is 16.8 Å². The minimum Gasteiger partial charge on any atom is -0.323 e. The van der Waals surface area contributed by atoms with Crippen LogP contribution in [0.4, 0.5) is 11.4 Å². The summed E-state index contributed by atoms with van der Waals surface area (Å²) in [6.45, 7) is -0.0724.